The second kappa shape index (κ2) is 52.0. The Morgan fingerprint density at radius 3 is 1.37 bits per heavy atom. The monoisotopic (exact) mass is 906 g/mol. The standard InChI is InChI=1S/C59H103NO5/c1-4-7-10-13-16-19-22-24-26-28-30-32-34-37-40-43-46-49-52-59(64)65-55(50-47-44-41-38-36-33-31-29-27-25-23-20-17-14-11-8-5-2)53-58(63)60-56(54-61)57(62)51-48-45-42-39-35-21-18-15-12-9-6-3/h8,11,17,20,25-28,30-33,38,41,55-57,61-62H,4-7,9-10,12-16,18-19,21-24,29,34-37,39-40,42-54H2,1-3H3,(H,60,63)/b11-8-,20-17-,27-25-,28-26+,32-30+,33-31-,41-38-. The Hall–Kier alpha value is -2.96. The molecule has 1 amide bonds. The van der Waals surface area contributed by atoms with Crippen LogP contribution in [0.25, 0.3) is 0 Å². The number of carbonyl (C=O) groups excluding carboxylic acids is 2. The number of amides is 1. The molecule has 3 N–H and O–H groups in total. The van der Waals surface area contributed by atoms with Crippen molar-refractivity contribution in [1.29, 1.82) is 0 Å². The molecule has 65 heavy (non-hydrogen) atoms. The smallest absolute Gasteiger partial charge is 0.306 e. The highest BCUT2D eigenvalue weighted by molar-refractivity contribution is 5.77. The summed E-state index contributed by atoms with van der Waals surface area (Å²) in [6, 6.07) is -0.727. The SMILES string of the molecule is CC/C=C\C/C=C\C/C=C\C/C=C\C/C=C\CCCC(CC(=O)NC(CO)C(O)CCCCCCCCCCCCC)OC(=O)CCCCCCC/C=C/C=C/CCCCCCCCC. The maximum absolute atomic E-state index is 13.2. The van der Waals surface area contributed by atoms with Crippen LogP contribution in [-0.2, 0) is 14.3 Å². The Morgan fingerprint density at radius 1 is 0.477 bits per heavy atom. The molecule has 0 radical (unpaired) electrons. The lowest BCUT2D eigenvalue weighted by Crippen LogP contribution is -2.46. The highest BCUT2D eigenvalue weighted by Crippen LogP contribution is 2.17. The van der Waals surface area contributed by atoms with Gasteiger partial charge in [0.15, 0.2) is 0 Å². The van der Waals surface area contributed by atoms with Crippen LogP contribution in [0.3, 0.4) is 0 Å². The summed E-state index contributed by atoms with van der Waals surface area (Å²) < 4.78 is 5.91. The predicted molar refractivity (Wildman–Crippen MR) is 282 cm³/mol. The molecule has 0 aliphatic carbocycles. The van der Waals surface area contributed by atoms with E-state index >= 15 is 0 Å². The number of ether oxygens (including phenoxy) is 1. The molecule has 6 nitrogen and oxygen atoms in total. The van der Waals surface area contributed by atoms with Crippen molar-refractivity contribution in [3.05, 3.63) is 85.1 Å². The van der Waals surface area contributed by atoms with E-state index in [1.54, 1.807) is 0 Å². The molecular formula is C59H103NO5. The van der Waals surface area contributed by atoms with E-state index in [1.165, 1.54) is 103 Å². The van der Waals surface area contributed by atoms with Crippen molar-refractivity contribution < 1.29 is 24.5 Å². The summed E-state index contributed by atoms with van der Waals surface area (Å²) >= 11 is 0. The van der Waals surface area contributed by atoms with Crippen molar-refractivity contribution in [2.24, 2.45) is 0 Å². The highest BCUT2D eigenvalue weighted by Gasteiger charge is 2.24. The van der Waals surface area contributed by atoms with Crippen LogP contribution in [0.5, 0.6) is 0 Å². The van der Waals surface area contributed by atoms with E-state index in [0.717, 1.165) is 103 Å². The van der Waals surface area contributed by atoms with Gasteiger partial charge in [-0.05, 0) is 89.9 Å². The van der Waals surface area contributed by atoms with Crippen LogP contribution in [0.4, 0.5) is 0 Å². The van der Waals surface area contributed by atoms with Crippen molar-refractivity contribution in [2.75, 3.05) is 6.61 Å². The van der Waals surface area contributed by atoms with Crippen molar-refractivity contribution >= 4 is 11.9 Å². The largest absolute Gasteiger partial charge is 0.462 e. The molecule has 0 aliphatic heterocycles. The third-order valence-corrected chi connectivity index (χ3v) is 12.0. The Bertz CT molecular complexity index is 1250. The third kappa shape index (κ3) is 47.3. The van der Waals surface area contributed by atoms with Crippen molar-refractivity contribution in [3.63, 3.8) is 0 Å². The van der Waals surface area contributed by atoms with Gasteiger partial charge in [0.2, 0.25) is 5.91 Å². The summed E-state index contributed by atoms with van der Waals surface area (Å²) in [6.07, 6.45) is 67.9. The molecule has 0 heterocycles. The number of esters is 1. The van der Waals surface area contributed by atoms with Crippen molar-refractivity contribution in [3.8, 4) is 0 Å². The number of rotatable bonds is 48. The van der Waals surface area contributed by atoms with Gasteiger partial charge >= 0.3 is 5.97 Å². The number of carbonyl (C=O) groups is 2. The second-order valence-corrected chi connectivity index (χ2v) is 18.3. The van der Waals surface area contributed by atoms with E-state index in [4.69, 9.17) is 4.74 Å². The van der Waals surface area contributed by atoms with Gasteiger partial charge in [0.05, 0.1) is 25.2 Å². The maximum Gasteiger partial charge on any atom is 0.306 e. The molecule has 0 aromatic rings. The predicted octanol–water partition coefficient (Wildman–Crippen LogP) is 16.7. The molecule has 0 saturated heterocycles. The fourth-order valence-electron chi connectivity index (χ4n) is 7.87. The number of allylic oxidation sites excluding steroid dienone is 14. The Morgan fingerprint density at radius 2 is 0.892 bits per heavy atom. The number of aliphatic hydroxyl groups excluding tert-OH is 2. The zero-order valence-corrected chi connectivity index (χ0v) is 42.6. The van der Waals surface area contributed by atoms with Gasteiger partial charge in [-0.3, -0.25) is 9.59 Å². The van der Waals surface area contributed by atoms with E-state index < -0.39 is 18.2 Å². The molecule has 6 heteroatoms. The number of aliphatic hydroxyl groups is 2. The van der Waals surface area contributed by atoms with Gasteiger partial charge in [0.1, 0.15) is 6.10 Å². The lowest BCUT2D eigenvalue weighted by Gasteiger charge is -2.24. The Balaban J connectivity index is 4.71. The molecule has 0 saturated carbocycles. The minimum atomic E-state index is -0.809. The minimum absolute atomic E-state index is 0.0287. The number of nitrogens with one attached hydrogen (secondary N) is 1. The molecule has 0 bridgehead atoms. The average molecular weight is 906 g/mol. The first-order valence-electron chi connectivity index (χ1n) is 27.3. The topological polar surface area (TPSA) is 95.9 Å². The van der Waals surface area contributed by atoms with Crippen LogP contribution in [-0.4, -0.2) is 46.9 Å². The number of hydrogen-bond donors (Lipinski definition) is 3. The first-order valence-corrected chi connectivity index (χ1v) is 27.3. The van der Waals surface area contributed by atoms with Crippen LogP contribution in [0.1, 0.15) is 252 Å². The lowest BCUT2D eigenvalue weighted by molar-refractivity contribution is -0.151. The number of unbranched alkanes of at least 4 members (excludes halogenated alkanes) is 23. The number of hydrogen-bond acceptors (Lipinski definition) is 5. The van der Waals surface area contributed by atoms with Crippen LogP contribution >= 0.6 is 0 Å². The summed E-state index contributed by atoms with van der Waals surface area (Å²) in [5.74, 6) is -0.549. The molecule has 0 aliphatic rings. The van der Waals surface area contributed by atoms with Crippen LogP contribution < -0.4 is 5.32 Å². The van der Waals surface area contributed by atoms with Crippen LogP contribution in [0.15, 0.2) is 85.1 Å². The van der Waals surface area contributed by atoms with E-state index in [2.05, 4.69) is 111 Å². The van der Waals surface area contributed by atoms with Gasteiger partial charge in [-0.25, -0.2) is 0 Å². The Kier molecular flexibility index (Phi) is 49.6. The summed E-state index contributed by atoms with van der Waals surface area (Å²) in [7, 11) is 0. The molecular weight excluding hydrogens is 803 g/mol. The summed E-state index contributed by atoms with van der Waals surface area (Å²) in [6.45, 7) is 6.34. The molecule has 374 valence electrons. The molecule has 0 spiro atoms. The zero-order chi connectivity index (χ0) is 47.4. The van der Waals surface area contributed by atoms with Gasteiger partial charge in [-0.15, -0.1) is 0 Å². The van der Waals surface area contributed by atoms with Gasteiger partial charge < -0.3 is 20.3 Å². The summed E-state index contributed by atoms with van der Waals surface area (Å²) in [4.78, 5) is 26.2. The minimum Gasteiger partial charge on any atom is -0.462 e. The van der Waals surface area contributed by atoms with E-state index in [9.17, 15) is 19.8 Å². The normalized spacial score (nSPS) is 13.9. The van der Waals surface area contributed by atoms with Gasteiger partial charge in [0.25, 0.3) is 0 Å². The first kappa shape index (κ1) is 62.0. The first-order chi connectivity index (χ1) is 32.0. The fourth-order valence-corrected chi connectivity index (χ4v) is 7.87. The van der Waals surface area contributed by atoms with E-state index in [0.29, 0.717) is 19.3 Å². The van der Waals surface area contributed by atoms with Gasteiger partial charge in [-0.1, -0.05) is 234 Å². The molecule has 3 atom stereocenters. The summed E-state index contributed by atoms with van der Waals surface area (Å²) in [5, 5.41) is 23.8. The van der Waals surface area contributed by atoms with Crippen molar-refractivity contribution in [2.45, 2.75) is 270 Å². The second-order valence-electron chi connectivity index (χ2n) is 18.3. The van der Waals surface area contributed by atoms with E-state index in [1.807, 2.05) is 0 Å². The van der Waals surface area contributed by atoms with Crippen molar-refractivity contribution in [1.82, 2.24) is 5.32 Å². The zero-order valence-electron chi connectivity index (χ0n) is 42.6. The molecule has 0 aromatic heterocycles. The third-order valence-electron chi connectivity index (χ3n) is 12.0. The Labute approximate surface area is 402 Å². The quantitative estimate of drug-likeness (QED) is 0.0245. The highest BCUT2D eigenvalue weighted by atomic mass is 16.5. The molecule has 0 aromatic carbocycles. The van der Waals surface area contributed by atoms with Gasteiger partial charge in [0, 0.05) is 6.42 Å². The van der Waals surface area contributed by atoms with Crippen LogP contribution in [0, 0.1) is 0 Å². The molecule has 0 fully saturated rings. The van der Waals surface area contributed by atoms with Crippen LogP contribution in [0.2, 0.25) is 0 Å². The fraction of sp³-hybridized carbons (Fsp3) is 0.729. The lowest BCUT2D eigenvalue weighted by atomic mass is 10.0. The van der Waals surface area contributed by atoms with E-state index in [-0.39, 0.29) is 24.9 Å². The van der Waals surface area contributed by atoms with Gasteiger partial charge in [-0.2, -0.15) is 0 Å². The molecule has 0 rings (SSSR count). The average Bonchev–Trinajstić information content (AvgIpc) is 3.30. The maximum atomic E-state index is 13.2. The molecule has 3 unspecified atom stereocenters. The summed E-state index contributed by atoms with van der Waals surface area (Å²) in [5.41, 5.74) is 0.